The first-order valence-electron chi connectivity index (χ1n) is 7.30. The third kappa shape index (κ3) is 2.33. The van der Waals surface area contributed by atoms with Gasteiger partial charge in [0, 0.05) is 5.22 Å². The third-order valence-electron chi connectivity index (χ3n) is 3.59. The number of fused-ring (bicyclic) bond motifs is 2. The number of carbonyl (C=O) groups excluding carboxylic acids is 1. The lowest BCUT2D eigenvalue weighted by molar-refractivity contribution is -0.116. The zero-order valence-corrected chi connectivity index (χ0v) is 13.2. The molecule has 3 heterocycles. The number of furan rings is 1. The highest BCUT2D eigenvalue weighted by atomic mass is 32.2. The molecule has 2 aliphatic heterocycles. The molecule has 0 radical (unpaired) electrons. The normalized spacial score (nSPS) is 19.4. The van der Waals surface area contributed by atoms with Crippen LogP contribution in [-0.4, -0.2) is 21.8 Å². The molecule has 1 aromatic carbocycles. The van der Waals surface area contributed by atoms with Crippen LogP contribution in [0.4, 0.5) is 0 Å². The molecule has 2 aliphatic rings. The van der Waals surface area contributed by atoms with Crippen LogP contribution in [0.5, 0.6) is 0 Å². The molecule has 1 atom stereocenters. The highest BCUT2D eigenvalue weighted by Gasteiger charge is 2.35. The van der Waals surface area contributed by atoms with Crippen molar-refractivity contribution in [2.45, 2.75) is 13.1 Å². The zero-order valence-electron chi connectivity index (χ0n) is 12.4. The van der Waals surface area contributed by atoms with E-state index in [0.717, 1.165) is 16.3 Å². The Bertz CT molecular complexity index is 904. The predicted molar refractivity (Wildman–Crippen MR) is 87.6 cm³/mol. The van der Waals surface area contributed by atoms with E-state index in [2.05, 4.69) is 10.4 Å². The molecule has 0 aliphatic carbocycles. The van der Waals surface area contributed by atoms with Crippen LogP contribution in [-0.2, 0) is 4.79 Å². The molecule has 116 valence electrons. The molecule has 6 nitrogen and oxygen atoms in total. The summed E-state index contributed by atoms with van der Waals surface area (Å²) in [6.07, 6.45) is 1.12. The number of thioether (sulfide) groups is 1. The van der Waals surface area contributed by atoms with Gasteiger partial charge in [-0.25, -0.2) is 10.0 Å². The second-order valence-electron chi connectivity index (χ2n) is 5.02. The van der Waals surface area contributed by atoms with Gasteiger partial charge in [-0.15, -0.1) is 5.10 Å². The highest BCUT2D eigenvalue weighted by Crippen LogP contribution is 2.30. The number of carbonyl (C=O) groups is 1. The minimum atomic E-state index is -0.478. The Balaban J connectivity index is 1.96. The Labute approximate surface area is 136 Å². The van der Waals surface area contributed by atoms with Gasteiger partial charge in [0.15, 0.2) is 5.17 Å². The van der Waals surface area contributed by atoms with Crippen LogP contribution in [0.25, 0.3) is 5.70 Å². The van der Waals surface area contributed by atoms with E-state index in [0.29, 0.717) is 16.6 Å². The Hall–Kier alpha value is -2.54. The highest BCUT2D eigenvalue weighted by molar-refractivity contribution is 8.13. The Kier molecular flexibility index (Phi) is 3.42. The molecule has 7 heteroatoms. The van der Waals surface area contributed by atoms with Crippen molar-refractivity contribution in [3.8, 4) is 0 Å². The van der Waals surface area contributed by atoms with E-state index in [1.54, 1.807) is 17.3 Å². The van der Waals surface area contributed by atoms with Gasteiger partial charge in [-0.1, -0.05) is 36.9 Å². The topological polar surface area (TPSA) is 70.2 Å². The standard InChI is InChI=1S/C16H14N4O2S/c1-2-23-16-18-15(21)13-10-6-3-4-7-11(10)17-14(20(13)19-16)12-8-5-9-22-12/h3-9,14H,2H2,1H3,(H,18,19,21)/t14-/m1/s1. The quantitative estimate of drug-likeness (QED) is 0.899. The van der Waals surface area contributed by atoms with Gasteiger partial charge < -0.3 is 4.42 Å². The van der Waals surface area contributed by atoms with Gasteiger partial charge in [-0.2, -0.15) is 0 Å². The summed E-state index contributed by atoms with van der Waals surface area (Å²) >= 11 is 1.48. The first-order valence-corrected chi connectivity index (χ1v) is 8.29. The van der Waals surface area contributed by atoms with Crippen molar-refractivity contribution in [2.24, 2.45) is 10.1 Å². The maximum absolute atomic E-state index is 12.6. The first kappa shape index (κ1) is 14.1. The first-order chi connectivity index (χ1) is 11.3. The number of hydrogen-bond acceptors (Lipinski definition) is 6. The van der Waals surface area contributed by atoms with Crippen molar-refractivity contribution < 1.29 is 9.21 Å². The summed E-state index contributed by atoms with van der Waals surface area (Å²) in [6.45, 7) is 2.01. The molecule has 0 unspecified atom stereocenters. The molecular formula is C16H14N4O2S. The van der Waals surface area contributed by atoms with Crippen molar-refractivity contribution in [3.63, 3.8) is 0 Å². The molecule has 0 saturated heterocycles. The van der Waals surface area contributed by atoms with Crippen molar-refractivity contribution in [3.05, 3.63) is 59.0 Å². The number of nitrogens with one attached hydrogen (secondary N) is 1. The third-order valence-corrected chi connectivity index (χ3v) is 4.34. The van der Waals surface area contributed by atoms with Crippen molar-refractivity contribution in [1.82, 2.24) is 10.3 Å². The summed E-state index contributed by atoms with van der Waals surface area (Å²) in [5.74, 6) is 1.30. The van der Waals surface area contributed by atoms with E-state index in [1.165, 1.54) is 11.8 Å². The minimum Gasteiger partial charge on any atom is -0.465 e. The van der Waals surface area contributed by atoms with E-state index in [-0.39, 0.29) is 5.91 Å². The maximum atomic E-state index is 12.6. The van der Waals surface area contributed by atoms with Gasteiger partial charge in [-0.05, 0) is 24.0 Å². The summed E-state index contributed by atoms with van der Waals surface area (Å²) < 4.78 is 5.51. The van der Waals surface area contributed by atoms with Crippen LogP contribution in [0.1, 0.15) is 18.8 Å². The summed E-state index contributed by atoms with van der Waals surface area (Å²) in [4.78, 5) is 17.4. The van der Waals surface area contributed by atoms with Crippen LogP contribution in [0, 0.1) is 0 Å². The number of hydrogen-bond donors (Lipinski definition) is 1. The Morgan fingerprint density at radius 1 is 1.30 bits per heavy atom. The summed E-state index contributed by atoms with van der Waals surface area (Å²) in [5.41, 5.74) is 0.498. The Morgan fingerprint density at radius 2 is 2.17 bits per heavy atom. The SMILES string of the molecule is CCSC1=NN2C(=c3ccccc3=N[C@H]2c2ccco2)C(=O)N1. The minimum absolute atomic E-state index is 0.171. The molecule has 1 N–H and O–H groups in total. The number of benzene rings is 1. The van der Waals surface area contributed by atoms with Crippen LogP contribution in [0.2, 0.25) is 0 Å². The smallest absolute Gasteiger partial charge is 0.276 e. The van der Waals surface area contributed by atoms with Crippen molar-refractivity contribution in [1.29, 1.82) is 0 Å². The van der Waals surface area contributed by atoms with Crippen molar-refractivity contribution in [2.75, 3.05) is 5.75 Å². The Morgan fingerprint density at radius 3 is 2.96 bits per heavy atom. The molecule has 0 bridgehead atoms. The summed E-state index contributed by atoms with van der Waals surface area (Å²) in [5, 5.41) is 11.2. The van der Waals surface area contributed by atoms with Gasteiger partial charge in [0.25, 0.3) is 5.91 Å². The fourth-order valence-electron chi connectivity index (χ4n) is 2.65. The fraction of sp³-hybridized carbons (Fsp3) is 0.188. The molecule has 2 aromatic rings. The molecule has 23 heavy (non-hydrogen) atoms. The van der Waals surface area contributed by atoms with Crippen LogP contribution in [0.3, 0.4) is 0 Å². The molecule has 1 amide bonds. The van der Waals surface area contributed by atoms with Gasteiger partial charge in [0.05, 0.1) is 11.6 Å². The average Bonchev–Trinajstić information content (AvgIpc) is 3.08. The van der Waals surface area contributed by atoms with Crippen LogP contribution in [0.15, 0.2) is 57.2 Å². The van der Waals surface area contributed by atoms with Crippen molar-refractivity contribution >= 4 is 28.5 Å². The summed E-state index contributed by atoms with van der Waals surface area (Å²) in [6, 6.07) is 11.2. The molecule has 0 spiro atoms. The lowest BCUT2D eigenvalue weighted by Crippen LogP contribution is -2.50. The molecule has 0 saturated carbocycles. The number of rotatable bonds is 2. The second-order valence-corrected chi connectivity index (χ2v) is 6.27. The zero-order chi connectivity index (χ0) is 15.8. The predicted octanol–water partition coefficient (Wildman–Crippen LogP) is 1.18. The van der Waals surface area contributed by atoms with E-state index in [9.17, 15) is 4.79 Å². The van der Waals surface area contributed by atoms with Gasteiger partial charge in [0.1, 0.15) is 11.5 Å². The number of hydrazone groups is 1. The molecule has 0 fully saturated rings. The second kappa shape index (κ2) is 5.58. The molecule has 4 rings (SSSR count). The fourth-order valence-corrected chi connectivity index (χ4v) is 3.24. The van der Waals surface area contributed by atoms with Gasteiger partial charge >= 0.3 is 0 Å². The van der Waals surface area contributed by atoms with E-state index in [1.807, 2.05) is 37.3 Å². The van der Waals surface area contributed by atoms with E-state index in [4.69, 9.17) is 9.41 Å². The molecule has 1 aromatic heterocycles. The average molecular weight is 326 g/mol. The number of para-hydroxylation sites is 1. The van der Waals surface area contributed by atoms with E-state index < -0.39 is 6.17 Å². The summed E-state index contributed by atoms with van der Waals surface area (Å²) in [7, 11) is 0. The lowest BCUT2D eigenvalue weighted by Gasteiger charge is -2.32. The number of amidine groups is 1. The molecular weight excluding hydrogens is 312 g/mol. The number of nitrogens with zero attached hydrogens (tertiary/aromatic N) is 3. The maximum Gasteiger partial charge on any atom is 0.276 e. The van der Waals surface area contributed by atoms with Gasteiger partial charge in [-0.3, -0.25) is 10.1 Å². The lowest BCUT2D eigenvalue weighted by atomic mass is 10.1. The van der Waals surface area contributed by atoms with Crippen LogP contribution < -0.4 is 15.9 Å². The monoisotopic (exact) mass is 326 g/mol. The number of amides is 1. The van der Waals surface area contributed by atoms with E-state index >= 15 is 0 Å². The van der Waals surface area contributed by atoms with Crippen LogP contribution >= 0.6 is 11.8 Å². The van der Waals surface area contributed by atoms with Gasteiger partial charge in [0.2, 0.25) is 6.17 Å². The largest absolute Gasteiger partial charge is 0.465 e.